The Morgan fingerprint density at radius 3 is 2.58 bits per heavy atom. The number of halogens is 2. The van der Waals surface area contributed by atoms with Crippen LogP contribution < -0.4 is 5.32 Å². The minimum absolute atomic E-state index is 0.260. The summed E-state index contributed by atoms with van der Waals surface area (Å²) in [7, 11) is 0. The molecular formula is C19H15Cl2N3O2. The highest BCUT2D eigenvalue weighted by Crippen LogP contribution is 2.25. The average molecular weight is 388 g/mol. The minimum Gasteiger partial charge on any atom is -0.327 e. The number of nitrogens with zero attached hydrogens (tertiary/aromatic N) is 2. The summed E-state index contributed by atoms with van der Waals surface area (Å²) in [5.74, 6) is -0.547. The van der Waals surface area contributed by atoms with Crippen molar-refractivity contribution >= 4 is 40.7 Å². The van der Waals surface area contributed by atoms with E-state index in [9.17, 15) is 9.59 Å². The summed E-state index contributed by atoms with van der Waals surface area (Å²) in [5.41, 5.74) is 1.29. The minimum atomic E-state index is -0.578. The van der Waals surface area contributed by atoms with Crippen LogP contribution in [0.2, 0.25) is 10.0 Å². The highest BCUT2D eigenvalue weighted by Gasteiger charge is 2.34. The Bertz CT molecular complexity index is 888. The molecule has 0 bridgehead atoms. The van der Waals surface area contributed by atoms with Crippen LogP contribution in [-0.2, 0) is 4.79 Å². The molecule has 0 aliphatic carbocycles. The first-order valence-electron chi connectivity index (χ1n) is 8.06. The first kappa shape index (κ1) is 18.2. The smallest absolute Gasteiger partial charge is 0.254 e. The summed E-state index contributed by atoms with van der Waals surface area (Å²) in [6, 6.07) is 12.7. The maximum Gasteiger partial charge on any atom is 0.254 e. The van der Waals surface area contributed by atoms with Crippen LogP contribution in [0.4, 0.5) is 5.69 Å². The molecule has 3 rings (SSSR count). The van der Waals surface area contributed by atoms with E-state index >= 15 is 0 Å². The average Bonchev–Trinajstić information content (AvgIpc) is 3.10. The van der Waals surface area contributed by atoms with E-state index in [0.717, 1.165) is 6.42 Å². The molecule has 1 aliphatic rings. The van der Waals surface area contributed by atoms with Crippen molar-refractivity contribution in [2.75, 3.05) is 11.9 Å². The predicted octanol–water partition coefficient (Wildman–Crippen LogP) is 4.11. The van der Waals surface area contributed by atoms with Crippen molar-refractivity contribution in [1.29, 1.82) is 5.26 Å². The van der Waals surface area contributed by atoms with Crippen LogP contribution in [0.1, 0.15) is 28.8 Å². The van der Waals surface area contributed by atoms with E-state index in [-0.39, 0.29) is 11.8 Å². The van der Waals surface area contributed by atoms with Gasteiger partial charge in [0.05, 0.1) is 11.6 Å². The Morgan fingerprint density at radius 2 is 1.88 bits per heavy atom. The summed E-state index contributed by atoms with van der Waals surface area (Å²) in [6.45, 7) is 0.490. The van der Waals surface area contributed by atoms with E-state index in [1.807, 2.05) is 6.07 Å². The third-order valence-electron chi connectivity index (χ3n) is 4.19. The van der Waals surface area contributed by atoms with Crippen LogP contribution in [0.3, 0.4) is 0 Å². The van der Waals surface area contributed by atoms with Crippen LogP contribution in [-0.4, -0.2) is 29.3 Å². The van der Waals surface area contributed by atoms with Crippen LogP contribution in [0.5, 0.6) is 0 Å². The standard InChI is InChI=1S/C19H15Cl2N3O2/c20-14-8-15(21)10-16(9-14)23-18(25)17-5-2-6-24(17)19(26)13-4-1-3-12(7-13)11-22/h1,3-4,7-10,17H,2,5-6H2,(H,23,25). The van der Waals surface area contributed by atoms with Crippen LogP contribution in [0.25, 0.3) is 0 Å². The van der Waals surface area contributed by atoms with Gasteiger partial charge in [-0.25, -0.2) is 0 Å². The quantitative estimate of drug-likeness (QED) is 0.860. The lowest BCUT2D eigenvalue weighted by molar-refractivity contribution is -0.119. The van der Waals surface area contributed by atoms with E-state index in [0.29, 0.717) is 39.8 Å². The zero-order valence-corrected chi connectivity index (χ0v) is 15.2. The first-order chi connectivity index (χ1) is 12.5. The number of amides is 2. The monoisotopic (exact) mass is 387 g/mol. The number of likely N-dealkylation sites (tertiary alicyclic amines) is 1. The van der Waals surface area contributed by atoms with Crippen molar-refractivity contribution < 1.29 is 9.59 Å². The molecule has 0 aromatic heterocycles. The Balaban J connectivity index is 1.77. The number of nitrogens with one attached hydrogen (secondary N) is 1. The highest BCUT2D eigenvalue weighted by atomic mass is 35.5. The second kappa shape index (κ2) is 7.77. The number of nitriles is 1. The topological polar surface area (TPSA) is 73.2 Å². The van der Waals surface area contributed by atoms with E-state index in [2.05, 4.69) is 5.32 Å². The molecule has 0 radical (unpaired) electrons. The third kappa shape index (κ3) is 3.98. The zero-order valence-electron chi connectivity index (χ0n) is 13.7. The van der Waals surface area contributed by atoms with E-state index < -0.39 is 6.04 Å². The summed E-state index contributed by atoms with van der Waals surface area (Å²) < 4.78 is 0. The summed E-state index contributed by atoms with van der Waals surface area (Å²) in [5, 5.41) is 12.6. The van der Waals surface area contributed by atoms with E-state index in [1.54, 1.807) is 36.4 Å². The van der Waals surface area contributed by atoms with Gasteiger partial charge in [0.1, 0.15) is 6.04 Å². The largest absolute Gasteiger partial charge is 0.327 e. The lowest BCUT2D eigenvalue weighted by atomic mass is 10.1. The molecule has 1 atom stereocenters. The van der Waals surface area contributed by atoms with E-state index in [4.69, 9.17) is 28.5 Å². The van der Waals surface area contributed by atoms with Gasteiger partial charge in [-0.15, -0.1) is 0 Å². The Labute approximate surface area is 161 Å². The predicted molar refractivity (Wildman–Crippen MR) is 100 cm³/mol. The number of carbonyl (C=O) groups excluding carboxylic acids is 2. The van der Waals surface area contributed by atoms with Gasteiger partial charge in [0.2, 0.25) is 5.91 Å². The Hall–Kier alpha value is -2.55. The molecule has 1 fully saturated rings. The van der Waals surface area contributed by atoms with Crippen molar-refractivity contribution in [3.05, 3.63) is 63.6 Å². The fraction of sp³-hybridized carbons (Fsp3) is 0.211. The van der Waals surface area contributed by atoms with Crippen molar-refractivity contribution in [1.82, 2.24) is 4.90 Å². The summed E-state index contributed by atoms with van der Waals surface area (Å²) in [4.78, 5) is 27.0. The number of rotatable bonds is 3. The highest BCUT2D eigenvalue weighted by molar-refractivity contribution is 6.35. The molecule has 2 amide bonds. The molecule has 132 valence electrons. The second-order valence-electron chi connectivity index (χ2n) is 6.00. The third-order valence-corrected chi connectivity index (χ3v) is 4.62. The van der Waals surface area contributed by atoms with Gasteiger partial charge in [-0.3, -0.25) is 9.59 Å². The van der Waals surface area contributed by atoms with Crippen molar-refractivity contribution in [2.45, 2.75) is 18.9 Å². The molecule has 1 heterocycles. The first-order valence-corrected chi connectivity index (χ1v) is 8.81. The van der Waals surface area contributed by atoms with Crippen LogP contribution >= 0.6 is 23.2 Å². The van der Waals surface area contributed by atoms with Gasteiger partial charge >= 0.3 is 0 Å². The Kier molecular flexibility index (Phi) is 5.46. The molecule has 2 aromatic carbocycles. The lowest BCUT2D eigenvalue weighted by Crippen LogP contribution is -2.43. The van der Waals surface area contributed by atoms with Crippen molar-refractivity contribution in [3.63, 3.8) is 0 Å². The molecule has 26 heavy (non-hydrogen) atoms. The molecule has 0 spiro atoms. The van der Waals surface area contributed by atoms with Crippen LogP contribution in [0.15, 0.2) is 42.5 Å². The number of hydrogen-bond donors (Lipinski definition) is 1. The molecule has 7 heteroatoms. The Morgan fingerprint density at radius 1 is 1.15 bits per heavy atom. The van der Waals surface area contributed by atoms with Gasteiger partial charge < -0.3 is 10.2 Å². The second-order valence-corrected chi connectivity index (χ2v) is 6.87. The van der Waals surface area contributed by atoms with Gasteiger partial charge in [0.15, 0.2) is 0 Å². The molecule has 1 saturated heterocycles. The van der Waals surface area contributed by atoms with Gasteiger partial charge in [0, 0.05) is 27.8 Å². The van der Waals surface area contributed by atoms with Gasteiger partial charge in [-0.05, 0) is 49.2 Å². The maximum absolute atomic E-state index is 12.8. The number of hydrogen-bond acceptors (Lipinski definition) is 3. The summed E-state index contributed by atoms with van der Waals surface area (Å²) >= 11 is 11.9. The summed E-state index contributed by atoms with van der Waals surface area (Å²) in [6.07, 6.45) is 1.31. The SMILES string of the molecule is N#Cc1cccc(C(=O)N2CCCC2C(=O)Nc2cc(Cl)cc(Cl)c2)c1. The fourth-order valence-corrected chi connectivity index (χ4v) is 3.55. The molecular weight excluding hydrogens is 373 g/mol. The van der Waals surface area contributed by atoms with Crippen molar-refractivity contribution in [2.24, 2.45) is 0 Å². The van der Waals surface area contributed by atoms with E-state index in [1.165, 1.54) is 11.0 Å². The molecule has 1 N–H and O–H groups in total. The number of carbonyl (C=O) groups is 2. The fourth-order valence-electron chi connectivity index (χ4n) is 3.02. The van der Waals surface area contributed by atoms with Crippen LogP contribution in [0, 0.1) is 11.3 Å². The van der Waals surface area contributed by atoms with Gasteiger partial charge in [-0.1, -0.05) is 29.3 Å². The maximum atomic E-state index is 12.8. The van der Waals surface area contributed by atoms with Crippen molar-refractivity contribution in [3.8, 4) is 6.07 Å². The normalized spacial score (nSPS) is 16.2. The van der Waals surface area contributed by atoms with Gasteiger partial charge in [-0.2, -0.15) is 5.26 Å². The molecule has 5 nitrogen and oxygen atoms in total. The molecule has 1 unspecified atom stereocenters. The lowest BCUT2D eigenvalue weighted by Gasteiger charge is -2.24. The zero-order chi connectivity index (χ0) is 18.7. The number of benzene rings is 2. The molecule has 0 saturated carbocycles. The number of anilines is 1. The molecule has 2 aromatic rings. The van der Waals surface area contributed by atoms with Gasteiger partial charge in [0.25, 0.3) is 5.91 Å². The molecule has 1 aliphatic heterocycles.